The van der Waals surface area contributed by atoms with E-state index < -0.39 is 0 Å². The summed E-state index contributed by atoms with van der Waals surface area (Å²) in [7, 11) is 0. The minimum atomic E-state index is 0.157. The smallest absolute Gasteiger partial charge is 0.0725 e. The van der Waals surface area contributed by atoms with Crippen LogP contribution in [-0.2, 0) is 13.0 Å². The molecular weight excluding hydrogens is 222 g/mol. The molecule has 0 aliphatic rings. The number of aromatic nitrogens is 3. The van der Waals surface area contributed by atoms with Crippen LogP contribution in [0.2, 0.25) is 0 Å². The molecule has 0 saturated heterocycles. The van der Waals surface area contributed by atoms with Gasteiger partial charge in [0.15, 0.2) is 0 Å². The largest absolute Gasteiger partial charge is 0.249 e. The summed E-state index contributed by atoms with van der Waals surface area (Å²) >= 11 is 6.35. The predicted octanol–water partition coefficient (Wildman–Crippen LogP) is 3.27. The van der Waals surface area contributed by atoms with Crippen molar-refractivity contribution in [3.05, 3.63) is 11.9 Å². The Morgan fingerprint density at radius 2 is 2.12 bits per heavy atom. The van der Waals surface area contributed by atoms with Gasteiger partial charge in [-0.05, 0) is 24.7 Å². The van der Waals surface area contributed by atoms with E-state index in [1.165, 1.54) is 5.69 Å². The minimum absolute atomic E-state index is 0.157. The Kier molecular flexibility index (Phi) is 4.78. The Hall–Kier alpha value is -0.570. The van der Waals surface area contributed by atoms with Crippen LogP contribution in [0.4, 0.5) is 0 Å². The summed E-state index contributed by atoms with van der Waals surface area (Å²) in [5.74, 6) is 0. The van der Waals surface area contributed by atoms with Crippen LogP contribution < -0.4 is 0 Å². The van der Waals surface area contributed by atoms with Crippen molar-refractivity contribution >= 4 is 11.6 Å². The molecule has 0 bridgehead atoms. The highest BCUT2D eigenvalue weighted by Crippen LogP contribution is 2.27. The summed E-state index contributed by atoms with van der Waals surface area (Å²) in [6.45, 7) is 9.60. The second-order valence-electron chi connectivity index (χ2n) is 5.32. The fourth-order valence-corrected chi connectivity index (χ4v) is 1.69. The van der Waals surface area contributed by atoms with Gasteiger partial charge < -0.3 is 0 Å². The molecule has 92 valence electrons. The van der Waals surface area contributed by atoms with Crippen LogP contribution in [-0.4, -0.2) is 20.4 Å². The fourth-order valence-electron chi connectivity index (χ4n) is 1.58. The lowest BCUT2D eigenvalue weighted by Crippen LogP contribution is -2.21. The third-order valence-electron chi connectivity index (χ3n) is 2.73. The molecular formula is C12H22ClN3. The van der Waals surface area contributed by atoms with Crippen LogP contribution >= 0.6 is 11.6 Å². The third kappa shape index (κ3) is 3.78. The van der Waals surface area contributed by atoms with Crippen molar-refractivity contribution in [1.29, 1.82) is 0 Å². The Bertz CT molecular complexity index is 314. The van der Waals surface area contributed by atoms with E-state index in [1.54, 1.807) is 0 Å². The van der Waals surface area contributed by atoms with Crippen LogP contribution in [0.3, 0.4) is 0 Å². The quantitative estimate of drug-likeness (QED) is 0.744. The molecule has 1 unspecified atom stereocenters. The first-order valence-electron chi connectivity index (χ1n) is 5.96. The average molecular weight is 244 g/mol. The standard InChI is InChI=1S/C12H22ClN3/c1-5-8-16-10(9-14-15-16)6-7-11(13)12(2,3)4/h9,11H,5-8H2,1-4H3. The van der Waals surface area contributed by atoms with Crippen molar-refractivity contribution in [1.82, 2.24) is 15.0 Å². The number of halogens is 1. The van der Waals surface area contributed by atoms with Crippen LogP contribution in [0, 0.1) is 5.41 Å². The van der Waals surface area contributed by atoms with E-state index in [0.29, 0.717) is 0 Å². The van der Waals surface area contributed by atoms with Gasteiger partial charge in [-0.15, -0.1) is 16.7 Å². The zero-order chi connectivity index (χ0) is 12.2. The van der Waals surface area contributed by atoms with Crippen LogP contribution in [0.5, 0.6) is 0 Å². The monoisotopic (exact) mass is 243 g/mol. The molecule has 16 heavy (non-hydrogen) atoms. The third-order valence-corrected chi connectivity index (χ3v) is 3.60. The van der Waals surface area contributed by atoms with Gasteiger partial charge in [-0.1, -0.05) is 32.9 Å². The molecule has 1 aromatic heterocycles. The highest BCUT2D eigenvalue weighted by molar-refractivity contribution is 6.21. The van der Waals surface area contributed by atoms with Crippen molar-refractivity contribution < 1.29 is 0 Å². The Balaban J connectivity index is 2.51. The molecule has 4 heteroatoms. The maximum Gasteiger partial charge on any atom is 0.0725 e. The number of aryl methyl sites for hydroxylation is 2. The van der Waals surface area contributed by atoms with Gasteiger partial charge in [0.05, 0.1) is 11.9 Å². The molecule has 1 rings (SSSR count). The predicted molar refractivity (Wildman–Crippen MR) is 67.7 cm³/mol. The lowest BCUT2D eigenvalue weighted by atomic mass is 9.89. The van der Waals surface area contributed by atoms with Gasteiger partial charge in [-0.25, -0.2) is 4.68 Å². The van der Waals surface area contributed by atoms with Gasteiger partial charge >= 0.3 is 0 Å². The maximum absolute atomic E-state index is 6.35. The van der Waals surface area contributed by atoms with Crippen LogP contribution in [0.25, 0.3) is 0 Å². The summed E-state index contributed by atoms with van der Waals surface area (Å²) in [5.41, 5.74) is 1.35. The molecule has 0 fully saturated rings. The second kappa shape index (κ2) is 5.67. The summed E-state index contributed by atoms with van der Waals surface area (Å²) in [6.07, 6.45) is 4.86. The zero-order valence-corrected chi connectivity index (χ0v) is 11.5. The topological polar surface area (TPSA) is 30.7 Å². The van der Waals surface area contributed by atoms with Gasteiger partial charge in [0.25, 0.3) is 0 Å². The average Bonchev–Trinajstić information content (AvgIpc) is 2.61. The Morgan fingerprint density at radius 3 is 2.69 bits per heavy atom. The summed E-state index contributed by atoms with van der Waals surface area (Å²) in [6, 6.07) is 0. The highest BCUT2D eigenvalue weighted by atomic mass is 35.5. The Labute approximate surface area is 103 Å². The second-order valence-corrected chi connectivity index (χ2v) is 5.85. The first-order valence-corrected chi connectivity index (χ1v) is 6.40. The molecule has 0 spiro atoms. The van der Waals surface area contributed by atoms with Crippen molar-refractivity contribution in [2.75, 3.05) is 0 Å². The first-order chi connectivity index (χ1) is 7.45. The lowest BCUT2D eigenvalue weighted by molar-refractivity contribution is 0.371. The van der Waals surface area contributed by atoms with E-state index in [4.69, 9.17) is 11.6 Å². The zero-order valence-electron chi connectivity index (χ0n) is 10.7. The van der Waals surface area contributed by atoms with E-state index in [-0.39, 0.29) is 10.8 Å². The number of alkyl halides is 1. The van der Waals surface area contributed by atoms with E-state index in [0.717, 1.165) is 25.8 Å². The van der Waals surface area contributed by atoms with Crippen molar-refractivity contribution in [3.63, 3.8) is 0 Å². The normalized spacial score (nSPS) is 14.1. The molecule has 0 radical (unpaired) electrons. The van der Waals surface area contributed by atoms with Gasteiger partial charge in [0.1, 0.15) is 0 Å². The van der Waals surface area contributed by atoms with Crippen molar-refractivity contribution in [2.45, 2.75) is 58.9 Å². The van der Waals surface area contributed by atoms with E-state index >= 15 is 0 Å². The molecule has 0 amide bonds. The number of hydrogen-bond donors (Lipinski definition) is 0. The number of hydrogen-bond acceptors (Lipinski definition) is 2. The molecule has 1 heterocycles. The number of nitrogens with zero attached hydrogens (tertiary/aromatic N) is 3. The molecule has 3 nitrogen and oxygen atoms in total. The first kappa shape index (κ1) is 13.5. The highest BCUT2D eigenvalue weighted by Gasteiger charge is 2.22. The minimum Gasteiger partial charge on any atom is -0.249 e. The lowest BCUT2D eigenvalue weighted by Gasteiger charge is -2.24. The Morgan fingerprint density at radius 1 is 1.44 bits per heavy atom. The van der Waals surface area contributed by atoms with Crippen LogP contribution in [0.15, 0.2) is 6.20 Å². The van der Waals surface area contributed by atoms with Gasteiger partial charge in [-0.3, -0.25) is 0 Å². The van der Waals surface area contributed by atoms with Crippen LogP contribution in [0.1, 0.15) is 46.2 Å². The summed E-state index contributed by atoms with van der Waals surface area (Å²) in [5, 5.41) is 8.21. The molecule has 0 aliphatic carbocycles. The van der Waals surface area contributed by atoms with Crippen molar-refractivity contribution in [3.8, 4) is 0 Å². The molecule has 0 aliphatic heterocycles. The number of rotatable bonds is 5. The van der Waals surface area contributed by atoms with Gasteiger partial charge in [0, 0.05) is 11.9 Å². The molecule has 1 aromatic rings. The maximum atomic E-state index is 6.35. The molecule has 1 atom stereocenters. The molecule has 0 saturated carbocycles. The van der Waals surface area contributed by atoms with E-state index in [2.05, 4.69) is 38.0 Å². The van der Waals surface area contributed by atoms with Gasteiger partial charge in [0.2, 0.25) is 0 Å². The van der Waals surface area contributed by atoms with E-state index in [1.807, 2.05) is 10.9 Å². The van der Waals surface area contributed by atoms with Gasteiger partial charge in [-0.2, -0.15) is 0 Å². The molecule has 0 N–H and O–H groups in total. The fraction of sp³-hybridized carbons (Fsp3) is 0.833. The summed E-state index contributed by atoms with van der Waals surface area (Å²) < 4.78 is 1.98. The SMILES string of the molecule is CCCn1nncc1CCC(Cl)C(C)(C)C. The summed E-state index contributed by atoms with van der Waals surface area (Å²) in [4.78, 5) is 0. The van der Waals surface area contributed by atoms with E-state index in [9.17, 15) is 0 Å². The molecule has 0 aromatic carbocycles. The van der Waals surface area contributed by atoms with Crippen molar-refractivity contribution in [2.24, 2.45) is 5.41 Å².